The molecule has 118 valence electrons. The van der Waals surface area contributed by atoms with Crippen molar-refractivity contribution in [2.75, 3.05) is 5.32 Å². The quantitative estimate of drug-likeness (QED) is 0.863. The molecular weight excluding hydrogens is 306 g/mol. The highest BCUT2D eigenvalue weighted by atomic mass is 32.2. The van der Waals surface area contributed by atoms with Gasteiger partial charge in [0.25, 0.3) is 0 Å². The molecule has 1 unspecified atom stereocenters. The number of aromatic nitrogens is 1. The minimum Gasteiger partial charge on any atom is -0.325 e. The van der Waals surface area contributed by atoms with Crippen LogP contribution in [0.3, 0.4) is 0 Å². The zero-order chi connectivity index (χ0) is 17.0. The Morgan fingerprint density at radius 3 is 2.61 bits per heavy atom. The molecule has 5 heteroatoms. The van der Waals surface area contributed by atoms with Crippen molar-refractivity contribution in [1.82, 2.24) is 4.98 Å². The van der Waals surface area contributed by atoms with Gasteiger partial charge in [-0.25, -0.2) is 4.98 Å². The molecule has 0 radical (unpaired) electrons. The van der Waals surface area contributed by atoms with E-state index in [9.17, 15) is 10.1 Å². The number of nitrogens with one attached hydrogen (secondary N) is 1. The van der Waals surface area contributed by atoms with E-state index in [1.54, 1.807) is 0 Å². The Bertz CT molecular complexity index is 780. The molecule has 0 aliphatic heterocycles. The Kier molecular flexibility index (Phi) is 5.41. The van der Waals surface area contributed by atoms with Crippen LogP contribution in [0.4, 0.5) is 5.69 Å². The molecule has 1 N–H and O–H groups in total. The summed E-state index contributed by atoms with van der Waals surface area (Å²) in [6, 6.07) is 11.7. The van der Waals surface area contributed by atoms with Gasteiger partial charge in [-0.3, -0.25) is 4.79 Å². The van der Waals surface area contributed by atoms with Gasteiger partial charge >= 0.3 is 0 Å². The number of thioether (sulfide) groups is 1. The topological polar surface area (TPSA) is 65.8 Å². The largest absolute Gasteiger partial charge is 0.325 e. The molecule has 1 aromatic heterocycles. The third-order valence-electron chi connectivity index (χ3n) is 3.48. The van der Waals surface area contributed by atoms with Crippen molar-refractivity contribution in [3.63, 3.8) is 0 Å². The van der Waals surface area contributed by atoms with Crippen LogP contribution in [0.1, 0.15) is 29.3 Å². The lowest BCUT2D eigenvalue weighted by Gasteiger charge is -2.14. The van der Waals surface area contributed by atoms with Crippen LogP contribution in [0.25, 0.3) is 0 Å². The molecule has 0 bridgehead atoms. The maximum Gasteiger partial charge on any atom is 0.237 e. The maximum atomic E-state index is 12.4. The van der Waals surface area contributed by atoms with E-state index in [0.717, 1.165) is 22.5 Å². The summed E-state index contributed by atoms with van der Waals surface area (Å²) in [5.41, 5.74) is 4.08. The van der Waals surface area contributed by atoms with E-state index in [2.05, 4.69) is 16.4 Å². The number of para-hydroxylation sites is 1. The van der Waals surface area contributed by atoms with Crippen LogP contribution in [0, 0.1) is 32.1 Å². The van der Waals surface area contributed by atoms with Gasteiger partial charge in [0.15, 0.2) is 0 Å². The molecule has 0 saturated heterocycles. The summed E-state index contributed by atoms with van der Waals surface area (Å²) in [5, 5.41) is 12.5. The highest BCUT2D eigenvalue weighted by Crippen LogP contribution is 2.28. The second-order valence-corrected chi connectivity index (χ2v) is 6.77. The molecule has 0 fully saturated rings. The van der Waals surface area contributed by atoms with Crippen LogP contribution in [-0.4, -0.2) is 16.1 Å². The van der Waals surface area contributed by atoms with Gasteiger partial charge in [0, 0.05) is 11.4 Å². The van der Waals surface area contributed by atoms with E-state index in [4.69, 9.17) is 0 Å². The summed E-state index contributed by atoms with van der Waals surface area (Å²) in [5.74, 6) is -0.103. The zero-order valence-electron chi connectivity index (χ0n) is 13.7. The Labute approximate surface area is 140 Å². The van der Waals surface area contributed by atoms with Gasteiger partial charge in [-0.05, 0) is 51.0 Å². The number of nitrogens with zero attached hydrogens (tertiary/aromatic N) is 2. The molecular formula is C18H19N3OS. The summed E-state index contributed by atoms with van der Waals surface area (Å²) in [6.45, 7) is 7.54. The lowest BCUT2D eigenvalue weighted by atomic mass is 10.1. The maximum absolute atomic E-state index is 12.4. The third kappa shape index (κ3) is 4.11. The number of pyridine rings is 1. The summed E-state index contributed by atoms with van der Waals surface area (Å²) >= 11 is 1.31. The van der Waals surface area contributed by atoms with Crippen LogP contribution in [-0.2, 0) is 4.79 Å². The molecule has 1 aromatic carbocycles. The number of anilines is 1. The minimum absolute atomic E-state index is 0.103. The molecule has 1 amide bonds. The number of nitriles is 1. The predicted molar refractivity (Wildman–Crippen MR) is 93.6 cm³/mol. The number of benzene rings is 1. The van der Waals surface area contributed by atoms with Gasteiger partial charge < -0.3 is 5.32 Å². The molecule has 0 aliphatic rings. The number of amides is 1. The first-order valence-corrected chi connectivity index (χ1v) is 8.22. The van der Waals surface area contributed by atoms with Crippen molar-refractivity contribution in [2.24, 2.45) is 0 Å². The number of rotatable bonds is 4. The molecule has 4 nitrogen and oxygen atoms in total. The average molecular weight is 325 g/mol. The van der Waals surface area contributed by atoms with Gasteiger partial charge in [0.1, 0.15) is 11.1 Å². The normalized spacial score (nSPS) is 11.6. The van der Waals surface area contributed by atoms with Crippen LogP contribution >= 0.6 is 11.8 Å². The first-order chi connectivity index (χ1) is 10.9. The van der Waals surface area contributed by atoms with Crippen molar-refractivity contribution in [2.45, 2.75) is 38.0 Å². The summed E-state index contributed by atoms with van der Waals surface area (Å²) < 4.78 is 0. The van der Waals surface area contributed by atoms with Gasteiger partial charge in [-0.2, -0.15) is 5.26 Å². The Morgan fingerprint density at radius 1 is 1.26 bits per heavy atom. The Hall–Kier alpha value is -2.32. The lowest BCUT2D eigenvalue weighted by Crippen LogP contribution is -2.23. The fraction of sp³-hybridized carbons (Fsp3) is 0.278. The van der Waals surface area contributed by atoms with E-state index in [-0.39, 0.29) is 11.2 Å². The summed E-state index contributed by atoms with van der Waals surface area (Å²) in [7, 11) is 0. The fourth-order valence-electron chi connectivity index (χ4n) is 2.19. The molecule has 0 aliphatic carbocycles. The van der Waals surface area contributed by atoms with Gasteiger partial charge in [-0.15, -0.1) is 0 Å². The zero-order valence-corrected chi connectivity index (χ0v) is 14.5. The molecule has 1 heterocycles. The molecule has 2 rings (SSSR count). The van der Waals surface area contributed by atoms with Crippen LogP contribution in [0.5, 0.6) is 0 Å². The lowest BCUT2D eigenvalue weighted by molar-refractivity contribution is -0.115. The van der Waals surface area contributed by atoms with Gasteiger partial charge in [0.2, 0.25) is 5.91 Å². The fourth-order valence-corrected chi connectivity index (χ4v) is 3.21. The number of aryl methyl sites for hydroxylation is 3. The second-order valence-electron chi connectivity index (χ2n) is 5.44. The molecule has 23 heavy (non-hydrogen) atoms. The molecule has 1 atom stereocenters. The molecule has 2 aromatic rings. The van der Waals surface area contributed by atoms with E-state index in [0.29, 0.717) is 10.6 Å². The predicted octanol–water partition coefficient (Wildman–Crippen LogP) is 4.00. The summed E-state index contributed by atoms with van der Waals surface area (Å²) in [4.78, 5) is 16.8. The standard InChI is InChI=1S/C18H19N3OS/c1-11-7-5-6-8-16(11)21-17(22)14(4)23-18-15(10-19)12(2)9-13(3)20-18/h5-9,14H,1-4H3,(H,21,22). The first-order valence-electron chi connectivity index (χ1n) is 7.34. The second kappa shape index (κ2) is 7.30. The van der Waals surface area contributed by atoms with Crippen LogP contribution in [0.2, 0.25) is 0 Å². The number of hydrogen-bond acceptors (Lipinski definition) is 4. The number of carbonyl (C=O) groups excluding carboxylic acids is 1. The smallest absolute Gasteiger partial charge is 0.237 e. The highest BCUT2D eigenvalue weighted by molar-refractivity contribution is 8.00. The van der Waals surface area contributed by atoms with Crippen molar-refractivity contribution < 1.29 is 4.79 Å². The van der Waals surface area contributed by atoms with E-state index >= 15 is 0 Å². The molecule has 0 spiro atoms. The van der Waals surface area contributed by atoms with Crippen molar-refractivity contribution in [1.29, 1.82) is 5.26 Å². The van der Waals surface area contributed by atoms with Crippen molar-refractivity contribution in [3.8, 4) is 6.07 Å². The first kappa shape index (κ1) is 17.0. The van der Waals surface area contributed by atoms with Gasteiger partial charge in [-0.1, -0.05) is 30.0 Å². The van der Waals surface area contributed by atoms with Crippen molar-refractivity contribution >= 4 is 23.4 Å². The van der Waals surface area contributed by atoms with E-state index in [1.807, 2.05) is 58.0 Å². The monoisotopic (exact) mass is 325 g/mol. The SMILES string of the molecule is Cc1cc(C)c(C#N)c(SC(C)C(=O)Nc2ccccc2C)n1. The average Bonchev–Trinajstić information content (AvgIpc) is 2.49. The third-order valence-corrected chi connectivity index (χ3v) is 4.57. The summed E-state index contributed by atoms with van der Waals surface area (Å²) in [6.07, 6.45) is 0. The Balaban J connectivity index is 2.16. The number of carbonyl (C=O) groups is 1. The molecule has 0 saturated carbocycles. The van der Waals surface area contributed by atoms with Gasteiger partial charge in [0.05, 0.1) is 10.8 Å². The van der Waals surface area contributed by atoms with E-state index in [1.165, 1.54) is 11.8 Å². The minimum atomic E-state index is -0.351. The Morgan fingerprint density at radius 2 is 1.96 bits per heavy atom. The number of hydrogen-bond donors (Lipinski definition) is 1. The van der Waals surface area contributed by atoms with Crippen LogP contribution in [0.15, 0.2) is 35.4 Å². The van der Waals surface area contributed by atoms with Crippen LogP contribution < -0.4 is 5.32 Å². The van der Waals surface area contributed by atoms with E-state index < -0.39 is 0 Å². The highest BCUT2D eigenvalue weighted by Gasteiger charge is 2.19. The van der Waals surface area contributed by atoms with Crippen molar-refractivity contribution in [3.05, 3.63) is 52.7 Å².